The zero-order valence-electron chi connectivity index (χ0n) is 12.7. The van der Waals surface area contributed by atoms with Crippen molar-refractivity contribution in [1.82, 2.24) is 4.90 Å². The van der Waals surface area contributed by atoms with E-state index < -0.39 is 0 Å². The summed E-state index contributed by atoms with van der Waals surface area (Å²) in [5, 5.41) is 0. The van der Waals surface area contributed by atoms with Gasteiger partial charge in [0.05, 0.1) is 6.10 Å². The number of ether oxygens (including phenoxy) is 1. The van der Waals surface area contributed by atoms with E-state index in [1.807, 2.05) is 30.3 Å². The summed E-state index contributed by atoms with van der Waals surface area (Å²) in [6.45, 7) is 1.61. The minimum absolute atomic E-state index is 0.277. The van der Waals surface area contributed by atoms with Gasteiger partial charge in [0.25, 0.3) is 0 Å². The first-order valence-electron chi connectivity index (χ1n) is 7.90. The number of likely N-dealkylation sites (tertiary alicyclic amines) is 1. The summed E-state index contributed by atoms with van der Waals surface area (Å²) in [5.41, 5.74) is 1.99. The third-order valence-corrected chi connectivity index (χ3v) is 4.34. The van der Waals surface area contributed by atoms with Crippen LogP contribution in [0.4, 0.5) is 0 Å². The standard InChI is InChI=1S/C18H23NO2/c1-19-11-10-18(20)15(13-19)12-14-6-8-17(9-7-14)21-16-4-2-3-5-16/h6-9,12,16H,2-5,10-11,13H2,1H3/b15-12+. The Kier molecular flexibility index (Phi) is 4.39. The Hall–Kier alpha value is -1.61. The molecule has 2 fully saturated rings. The lowest BCUT2D eigenvalue weighted by Gasteiger charge is -2.23. The van der Waals surface area contributed by atoms with E-state index in [1.54, 1.807) is 0 Å². The van der Waals surface area contributed by atoms with Crippen LogP contribution < -0.4 is 4.74 Å². The van der Waals surface area contributed by atoms with E-state index in [4.69, 9.17) is 4.74 Å². The second kappa shape index (κ2) is 6.44. The van der Waals surface area contributed by atoms with Crippen molar-refractivity contribution in [3.63, 3.8) is 0 Å². The van der Waals surface area contributed by atoms with Crippen LogP contribution in [0, 0.1) is 0 Å². The van der Waals surface area contributed by atoms with Gasteiger partial charge in [0.2, 0.25) is 0 Å². The number of Topliss-reactive ketones (excluding diaryl/α,β-unsaturated/α-hetero) is 1. The Balaban J connectivity index is 1.67. The lowest BCUT2D eigenvalue weighted by Crippen LogP contribution is -2.32. The molecule has 0 unspecified atom stereocenters. The Morgan fingerprint density at radius 1 is 1.19 bits per heavy atom. The van der Waals surface area contributed by atoms with Crippen LogP contribution in [0.3, 0.4) is 0 Å². The molecular weight excluding hydrogens is 262 g/mol. The van der Waals surface area contributed by atoms with Gasteiger partial charge in [-0.3, -0.25) is 4.79 Å². The van der Waals surface area contributed by atoms with E-state index in [0.717, 1.165) is 30.0 Å². The van der Waals surface area contributed by atoms with Crippen molar-refractivity contribution in [2.75, 3.05) is 20.1 Å². The van der Waals surface area contributed by atoms with Gasteiger partial charge in [-0.2, -0.15) is 0 Å². The number of likely N-dealkylation sites (N-methyl/N-ethyl adjacent to an activating group) is 1. The molecule has 3 rings (SSSR count). The fraction of sp³-hybridized carbons (Fsp3) is 0.500. The molecule has 112 valence electrons. The number of benzene rings is 1. The summed E-state index contributed by atoms with van der Waals surface area (Å²) in [7, 11) is 2.05. The lowest BCUT2D eigenvalue weighted by molar-refractivity contribution is -0.117. The summed E-state index contributed by atoms with van der Waals surface area (Å²) in [5.74, 6) is 1.22. The third-order valence-electron chi connectivity index (χ3n) is 4.34. The topological polar surface area (TPSA) is 29.5 Å². The molecule has 1 saturated carbocycles. The monoisotopic (exact) mass is 285 g/mol. The Labute approximate surface area is 126 Å². The van der Waals surface area contributed by atoms with Crippen molar-refractivity contribution in [1.29, 1.82) is 0 Å². The second-order valence-corrected chi connectivity index (χ2v) is 6.17. The quantitative estimate of drug-likeness (QED) is 0.798. The molecule has 0 atom stereocenters. The number of ketones is 1. The number of piperidine rings is 1. The molecule has 0 aromatic heterocycles. The summed E-state index contributed by atoms with van der Waals surface area (Å²) in [4.78, 5) is 14.1. The van der Waals surface area contributed by atoms with Crippen molar-refractivity contribution < 1.29 is 9.53 Å². The summed E-state index contributed by atoms with van der Waals surface area (Å²) < 4.78 is 5.96. The van der Waals surface area contributed by atoms with E-state index in [2.05, 4.69) is 11.9 Å². The normalized spacial score (nSPS) is 22.9. The first-order valence-corrected chi connectivity index (χ1v) is 7.90. The molecule has 1 heterocycles. The average molecular weight is 285 g/mol. The van der Waals surface area contributed by atoms with Gasteiger partial charge in [0.15, 0.2) is 5.78 Å². The van der Waals surface area contributed by atoms with E-state index in [9.17, 15) is 4.79 Å². The van der Waals surface area contributed by atoms with Gasteiger partial charge in [-0.05, 0) is 56.5 Å². The zero-order valence-corrected chi connectivity index (χ0v) is 12.7. The maximum Gasteiger partial charge on any atom is 0.161 e. The molecule has 3 nitrogen and oxygen atoms in total. The van der Waals surface area contributed by atoms with Gasteiger partial charge in [-0.15, -0.1) is 0 Å². The van der Waals surface area contributed by atoms with Crippen molar-refractivity contribution in [2.45, 2.75) is 38.2 Å². The minimum atomic E-state index is 0.277. The Bertz CT molecular complexity index is 527. The molecule has 0 N–H and O–H groups in total. The largest absolute Gasteiger partial charge is 0.490 e. The summed E-state index contributed by atoms with van der Waals surface area (Å²) >= 11 is 0. The zero-order chi connectivity index (χ0) is 14.7. The van der Waals surface area contributed by atoms with E-state index >= 15 is 0 Å². The van der Waals surface area contributed by atoms with Crippen LogP contribution in [0.2, 0.25) is 0 Å². The molecule has 2 aliphatic rings. The smallest absolute Gasteiger partial charge is 0.161 e. The van der Waals surface area contributed by atoms with E-state index in [0.29, 0.717) is 12.5 Å². The number of hydrogen-bond donors (Lipinski definition) is 0. The number of rotatable bonds is 3. The van der Waals surface area contributed by atoms with Crippen LogP contribution in [-0.2, 0) is 4.79 Å². The molecule has 0 bridgehead atoms. The molecule has 21 heavy (non-hydrogen) atoms. The molecule has 0 amide bonds. The Morgan fingerprint density at radius 3 is 2.62 bits per heavy atom. The number of nitrogens with zero attached hydrogens (tertiary/aromatic N) is 1. The molecular formula is C18H23NO2. The fourth-order valence-corrected chi connectivity index (χ4v) is 3.08. The van der Waals surface area contributed by atoms with Crippen LogP contribution in [0.5, 0.6) is 5.75 Å². The fourth-order valence-electron chi connectivity index (χ4n) is 3.08. The van der Waals surface area contributed by atoms with Crippen LogP contribution in [0.1, 0.15) is 37.7 Å². The predicted octanol–water partition coefficient (Wildman–Crippen LogP) is 3.30. The number of carbonyl (C=O) groups excluding carboxylic acids is 1. The highest BCUT2D eigenvalue weighted by atomic mass is 16.5. The molecule has 0 radical (unpaired) electrons. The molecule has 0 spiro atoms. The maximum atomic E-state index is 11.9. The second-order valence-electron chi connectivity index (χ2n) is 6.17. The van der Waals surface area contributed by atoms with Gasteiger partial charge >= 0.3 is 0 Å². The summed E-state index contributed by atoms with van der Waals surface area (Å²) in [6.07, 6.45) is 7.94. The molecule has 3 heteroatoms. The molecule has 1 aromatic rings. The van der Waals surface area contributed by atoms with Crippen molar-refractivity contribution in [3.05, 3.63) is 35.4 Å². The van der Waals surface area contributed by atoms with Gasteiger partial charge in [-0.1, -0.05) is 12.1 Å². The third kappa shape index (κ3) is 3.73. The SMILES string of the molecule is CN1CCC(=O)/C(=C/c2ccc(OC3CCCC3)cc2)C1. The van der Waals surface area contributed by atoms with Gasteiger partial charge in [-0.25, -0.2) is 0 Å². The molecule has 1 aromatic carbocycles. The highest BCUT2D eigenvalue weighted by Gasteiger charge is 2.18. The average Bonchev–Trinajstić information content (AvgIpc) is 2.98. The van der Waals surface area contributed by atoms with Gasteiger partial charge in [0, 0.05) is 25.1 Å². The van der Waals surface area contributed by atoms with Crippen molar-refractivity contribution in [2.24, 2.45) is 0 Å². The van der Waals surface area contributed by atoms with E-state index in [1.165, 1.54) is 25.7 Å². The maximum absolute atomic E-state index is 11.9. The summed E-state index contributed by atoms with van der Waals surface area (Å²) in [6, 6.07) is 8.11. The number of carbonyl (C=O) groups is 1. The van der Waals surface area contributed by atoms with E-state index in [-0.39, 0.29) is 5.78 Å². The van der Waals surface area contributed by atoms with Crippen LogP contribution in [0.25, 0.3) is 6.08 Å². The Morgan fingerprint density at radius 2 is 1.90 bits per heavy atom. The van der Waals surface area contributed by atoms with Crippen molar-refractivity contribution >= 4 is 11.9 Å². The first kappa shape index (κ1) is 14.3. The van der Waals surface area contributed by atoms with Crippen molar-refractivity contribution in [3.8, 4) is 5.75 Å². The number of hydrogen-bond acceptors (Lipinski definition) is 3. The minimum Gasteiger partial charge on any atom is -0.490 e. The van der Waals surface area contributed by atoms with Crippen LogP contribution in [0.15, 0.2) is 29.8 Å². The lowest BCUT2D eigenvalue weighted by atomic mass is 10.0. The van der Waals surface area contributed by atoms with Gasteiger partial charge < -0.3 is 9.64 Å². The van der Waals surface area contributed by atoms with Crippen LogP contribution >= 0.6 is 0 Å². The van der Waals surface area contributed by atoms with Crippen LogP contribution in [-0.4, -0.2) is 36.9 Å². The highest BCUT2D eigenvalue weighted by molar-refractivity contribution is 6.00. The first-order chi connectivity index (χ1) is 10.2. The predicted molar refractivity (Wildman–Crippen MR) is 84.4 cm³/mol. The molecule has 1 aliphatic carbocycles. The highest BCUT2D eigenvalue weighted by Crippen LogP contribution is 2.24. The molecule has 1 saturated heterocycles. The molecule has 1 aliphatic heterocycles. The van der Waals surface area contributed by atoms with Gasteiger partial charge in [0.1, 0.15) is 5.75 Å².